The van der Waals surface area contributed by atoms with E-state index in [2.05, 4.69) is 152 Å². The van der Waals surface area contributed by atoms with Crippen LogP contribution in [0, 0.1) is 0 Å². The lowest BCUT2D eigenvalue weighted by atomic mass is 9.98. The van der Waals surface area contributed by atoms with Gasteiger partial charge in [0.1, 0.15) is 22.3 Å². The molecule has 0 fully saturated rings. The SMILES string of the molecule is c1ccc(-c2ccc(-c3cc(-c4ccc(-c5nc6cc(-c7cccc8c7oc7ccccc78)ccc6c6oc7ccccc7c56)cc4)nc(-c4ccccc4)n3)cc2)cc1. The number of benzene rings is 8. The zero-order valence-corrected chi connectivity index (χ0v) is 32.2. The average molecular weight is 768 g/mol. The minimum absolute atomic E-state index is 0.677. The van der Waals surface area contributed by atoms with E-state index in [1.54, 1.807) is 0 Å². The molecule has 0 saturated heterocycles. The van der Waals surface area contributed by atoms with Crippen LogP contribution in [0.2, 0.25) is 0 Å². The van der Waals surface area contributed by atoms with Crippen LogP contribution in [0.25, 0.3) is 122 Å². The Balaban J connectivity index is 0.984. The number of hydrogen-bond acceptors (Lipinski definition) is 5. The molecular weight excluding hydrogens is 735 g/mol. The zero-order chi connectivity index (χ0) is 39.6. The van der Waals surface area contributed by atoms with Crippen LogP contribution in [0.4, 0.5) is 0 Å². The summed E-state index contributed by atoms with van der Waals surface area (Å²) in [5.74, 6) is 0.677. The molecule has 0 unspecified atom stereocenters. The van der Waals surface area contributed by atoms with Gasteiger partial charge in [-0.3, -0.25) is 0 Å². The standard InChI is InChI=1S/C55H33N3O2/c1-3-12-34(13-4-1)35-22-24-36(25-23-35)46-33-47(58-55(57-46)39-14-5-2-6-15-39)37-26-28-38(29-27-37)52-51-45-17-8-10-21-50(45)60-54(51)44-31-30-40(32-48(44)56-52)41-18-11-19-43-42-16-7-9-20-49(42)59-53(41)43/h1-33H. The first-order chi connectivity index (χ1) is 29.7. The van der Waals surface area contributed by atoms with Crippen molar-refractivity contribution in [3.63, 3.8) is 0 Å². The molecule has 0 spiro atoms. The number of aromatic nitrogens is 3. The first-order valence-electron chi connectivity index (χ1n) is 20.1. The predicted octanol–water partition coefficient (Wildman–Crippen LogP) is 14.8. The lowest BCUT2D eigenvalue weighted by Crippen LogP contribution is -1.96. The Bertz CT molecular complexity index is 3570. The van der Waals surface area contributed by atoms with E-state index in [1.807, 2.05) is 48.5 Å². The van der Waals surface area contributed by atoms with Gasteiger partial charge < -0.3 is 8.83 Å². The van der Waals surface area contributed by atoms with Gasteiger partial charge >= 0.3 is 0 Å². The van der Waals surface area contributed by atoms with Crippen molar-refractivity contribution in [1.29, 1.82) is 0 Å². The van der Waals surface area contributed by atoms with Crippen molar-refractivity contribution in [3.05, 3.63) is 200 Å². The Morgan fingerprint density at radius 3 is 1.57 bits per heavy atom. The van der Waals surface area contributed by atoms with E-state index in [0.29, 0.717) is 5.82 Å². The van der Waals surface area contributed by atoms with Gasteiger partial charge in [-0.2, -0.15) is 0 Å². The highest BCUT2D eigenvalue weighted by Gasteiger charge is 2.20. The van der Waals surface area contributed by atoms with Crippen molar-refractivity contribution in [2.45, 2.75) is 0 Å². The molecule has 8 aromatic carbocycles. The van der Waals surface area contributed by atoms with Gasteiger partial charge in [0.05, 0.1) is 28.0 Å². The van der Waals surface area contributed by atoms with E-state index in [1.165, 1.54) is 5.56 Å². The largest absolute Gasteiger partial charge is 0.455 e. The maximum atomic E-state index is 6.64. The van der Waals surface area contributed by atoms with E-state index in [9.17, 15) is 0 Å². The summed E-state index contributed by atoms with van der Waals surface area (Å²) in [6, 6.07) is 69.0. The number of nitrogens with zero attached hydrogens (tertiary/aromatic N) is 3. The minimum Gasteiger partial charge on any atom is -0.455 e. The normalized spacial score (nSPS) is 11.7. The highest BCUT2D eigenvalue weighted by Crippen LogP contribution is 2.42. The molecule has 5 nitrogen and oxygen atoms in total. The Morgan fingerprint density at radius 2 is 0.850 bits per heavy atom. The van der Waals surface area contributed by atoms with Crippen molar-refractivity contribution >= 4 is 54.8 Å². The number of pyridine rings is 1. The van der Waals surface area contributed by atoms with E-state index in [0.717, 1.165) is 111 Å². The van der Waals surface area contributed by atoms with Crippen LogP contribution in [0.1, 0.15) is 0 Å². The fourth-order valence-corrected chi connectivity index (χ4v) is 8.54. The summed E-state index contributed by atoms with van der Waals surface area (Å²) in [6.45, 7) is 0. The molecule has 12 rings (SSSR count). The van der Waals surface area contributed by atoms with Crippen LogP contribution >= 0.6 is 0 Å². The molecule has 0 aliphatic rings. The summed E-state index contributed by atoms with van der Waals surface area (Å²) in [6.07, 6.45) is 0. The first kappa shape index (κ1) is 33.9. The zero-order valence-electron chi connectivity index (χ0n) is 32.2. The molecule has 280 valence electrons. The maximum absolute atomic E-state index is 6.64. The van der Waals surface area contributed by atoms with Crippen LogP contribution in [0.15, 0.2) is 209 Å². The van der Waals surface area contributed by atoms with Crippen LogP contribution in [0.3, 0.4) is 0 Å². The average Bonchev–Trinajstić information content (AvgIpc) is 3.91. The summed E-state index contributed by atoms with van der Waals surface area (Å²) < 4.78 is 13.1. The molecule has 4 aromatic heterocycles. The van der Waals surface area contributed by atoms with E-state index in [4.69, 9.17) is 23.8 Å². The number of rotatable bonds is 6. The molecule has 5 heteroatoms. The van der Waals surface area contributed by atoms with Crippen molar-refractivity contribution in [3.8, 4) is 67.4 Å². The smallest absolute Gasteiger partial charge is 0.160 e. The lowest BCUT2D eigenvalue weighted by molar-refractivity contribution is 0.670. The number of para-hydroxylation sites is 3. The summed E-state index contributed by atoms with van der Waals surface area (Å²) >= 11 is 0. The molecule has 0 radical (unpaired) electrons. The first-order valence-corrected chi connectivity index (χ1v) is 20.1. The Morgan fingerprint density at radius 1 is 0.317 bits per heavy atom. The summed E-state index contributed by atoms with van der Waals surface area (Å²) in [4.78, 5) is 15.6. The molecule has 0 bridgehead atoms. The summed E-state index contributed by atoms with van der Waals surface area (Å²) in [5, 5.41) is 5.18. The molecule has 4 heterocycles. The molecule has 0 N–H and O–H groups in total. The van der Waals surface area contributed by atoms with Gasteiger partial charge in [-0.05, 0) is 47.0 Å². The quantitative estimate of drug-likeness (QED) is 0.169. The van der Waals surface area contributed by atoms with Gasteiger partial charge in [-0.15, -0.1) is 0 Å². The molecule has 12 aromatic rings. The van der Waals surface area contributed by atoms with Crippen LogP contribution in [-0.2, 0) is 0 Å². The molecule has 0 atom stereocenters. The van der Waals surface area contributed by atoms with E-state index in [-0.39, 0.29) is 0 Å². The van der Waals surface area contributed by atoms with Crippen molar-refractivity contribution in [2.24, 2.45) is 0 Å². The Kier molecular flexibility index (Phi) is 7.78. The third-order valence-corrected chi connectivity index (χ3v) is 11.5. The second kappa shape index (κ2) is 13.8. The van der Waals surface area contributed by atoms with Crippen molar-refractivity contribution in [2.75, 3.05) is 0 Å². The maximum Gasteiger partial charge on any atom is 0.160 e. The highest BCUT2D eigenvalue weighted by molar-refractivity contribution is 6.20. The Labute approximate surface area is 344 Å². The summed E-state index contributed by atoms with van der Waals surface area (Å²) in [7, 11) is 0. The third kappa shape index (κ3) is 5.67. The van der Waals surface area contributed by atoms with Crippen molar-refractivity contribution < 1.29 is 8.83 Å². The predicted molar refractivity (Wildman–Crippen MR) is 245 cm³/mol. The summed E-state index contributed by atoms with van der Waals surface area (Å²) in [5.41, 5.74) is 15.1. The van der Waals surface area contributed by atoms with Gasteiger partial charge in [0.2, 0.25) is 0 Å². The molecule has 0 saturated carbocycles. The van der Waals surface area contributed by atoms with Gasteiger partial charge in [0.25, 0.3) is 0 Å². The number of hydrogen-bond donors (Lipinski definition) is 0. The van der Waals surface area contributed by atoms with Crippen molar-refractivity contribution in [1.82, 2.24) is 15.0 Å². The molecule has 0 aliphatic heterocycles. The molecule has 0 aliphatic carbocycles. The second-order valence-corrected chi connectivity index (χ2v) is 15.1. The van der Waals surface area contributed by atoms with E-state index >= 15 is 0 Å². The molecular formula is C55H33N3O2. The van der Waals surface area contributed by atoms with Crippen LogP contribution in [0.5, 0.6) is 0 Å². The fourth-order valence-electron chi connectivity index (χ4n) is 8.54. The van der Waals surface area contributed by atoms with Gasteiger partial charge in [0, 0.05) is 49.4 Å². The van der Waals surface area contributed by atoms with Gasteiger partial charge in [0.15, 0.2) is 5.82 Å². The number of fused-ring (bicyclic) bond motifs is 8. The van der Waals surface area contributed by atoms with E-state index < -0.39 is 0 Å². The van der Waals surface area contributed by atoms with Gasteiger partial charge in [-0.25, -0.2) is 15.0 Å². The third-order valence-electron chi connectivity index (χ3n) is 11.5. The van der Waals surface area contributed by atoms with Crippen LogP contribution < -0.4 is 0 Å². The van der Waals surface area contributed by atoms with Crippen LogP contribution in [-0.4, -0.2) is 15.0 Å². The van der Waals surface area contributed by atoms with Gasteiger partial charge in [-0.1, -0.05) is 170 Å². The topological polar surface area (TPSA) is 65.0 Å². The second-order valence-electron chi connectivity index (χ2n) is 15.1. The Hall–Kier alpha value is -8.15. The fraction of sp³-hybridized carbons (Fsp3) is 0. The number of furan rings is 2. The lowest BCUT2D eigenvalue weighted by Gasteiger charge is -2.11. The highest BCUT2D eigenvalue weighted by atomic mass is 16.3. The molecule has 60 heavy (non-hydrogen) atoms. The minimum atomic E-state index is 0.677. The molecule has 0 amide bonds. The monoisotopic (exact) mass is 767 g/mol.